The largest absolute Gasteiger partial charge is 0.359 e. The molecule has 0 radical (unpaired) electrons. The van der Waals surface area contributed by atoms with Gasteiger partial charge in [0.15, 0.2) is 5.65 Å². The number of likely N-dealkylation sites (N-methyl/N-ethyl adjacent to an activating group) is 1. The highest BCUT2D eigenvalue weighted by Gasteiger charge is 2.32. The maximum atomic E-state index is 12.6. The van der Waals surface area contributed by atoms with Crippen molar-refractivity contribution in [1.82, 2.24) is 24.8 Å². The van der Waals surface area contributed by atoms with Crippen LogP contribution in [-0.2, 0) is 9.59 Å². The lowest BCUT2D eigenvalue weighted by Gasteiger charge is -2.42. The van der Waals surface area contributed by atoms with Gasteiger partial charge in [0.05, 0.1) is 17.5 Å². The highest BCUT2D eigenvalue weighted by molar-refractivity contribution is 5.96. The van der Waals surface area contributed by atoms with Gasteiger partial charge in [0.2, 0.25) is 17.7 Å². The summed E-state index contributed by atoms with van der Waals surface area (Å²) in [7, 11) is 3.46. The van der Waals surface area contributed by atoms with Gasteiger partial charge in [0, 0.05) is 46.2 Å². The van der Waals surface area contributed by atoms with E-state index in [1.807, 2.05) is 18.0 Å². The Labute approximate surface area is 180 Å². The second kappa shape index (κ2) is 9.55. The summed E-state index contributed by atoms with van der Waals surface area (Å²) in [5.41, 5.74) is 0.486. The number of amides is 2. The molecular formula is C21H27N7O3. The molecule has 10 heteroatoms. The molecule has 31 heavy (non-hydrogen) atoms. The van der Waals surface area contributed by atoms with Crippen molar-refractivity contribution in [1.29, 1.82) is 5.26 Å². The van der Waals surface area contributed by atoms with Gasteiger partial charge < -0.3 is 15.1 Å². The molecule has 1 fully saturated rings. The van der Waals surface area contributed by atoms with Crippen LogP contribution in [0.3, 0.4) is 0 Å². The molecular weight excluding hydrogens is 398 g/mol. The van der Waals surface area contributed by atoms with Crippen molar-refractivity contribution >= 4 is 34.6 Å². The zero-order valence-corrected chi connectivity index (χ0v) is 18.0. The lowest BCUT2D eigenvalue weighted by atomic mass is 9.92. The topological polar surface area (TPSA) is 124 Å². The first-order valence-electron chi connectivity index (χ1n) is 10.3. The number of carbonyl (C=O) groups excluding carboxylic acids is 3. The van der Waals surface area contributed by atoms with Gasteiger partial charge in [-0.25, -0.2) is 9.97 Å². The second-order valence-corrected chi connectivity index (χ2v) is 7.81. The van der Waals surface area contributed by atoms with E-state index in [1.165, 1.54) is 17.9 Å². The predicted molar refractivity (Wildman–Crippen MR) is 114 cm³/mol. The number of hydrogen-bond acceptors (Lipinski definition) is 7. The Morgan fingerprint density at radius 1 is 1.29 bits per heavy atom. The van der Waals surface area contributed by atoms with Crippen molar-refractivity contribution in [3.63, 3.8) is 0 Å². The molecule has 1 N–H and O–H groups in total. The van der Waals surface area contributed by atoms with E-state index in [1.54, 1.807) is 17.2 Å². The van der Waals surface area contributed by atoms with Crippen molar-refractivity contribution < 1.29 is 14.4 Å². The summed E-state index contributed by atoms with van der Waals surface area (Å²) in [6.45, 7) is 3.29. The summed E-state index contributed by atoms with van der Waals surface area (Å²) in [6, 6.07) is 3.74. The van der Waals surface area contributed by atoms with Crippen molar-refractivity contribution in [2.45, 2.75) is 38.6 Å². The molecule has 0 aromatic carbocycles. The standard InChI is InChI=1S/C21H27N7O3/c1-14-7-10-27(18(30)6-9-22)12-16(14)26(3)20-15-8-11-28(21(15)25-13-24-20)19(31)5-4-17(29)23-2/h8,11,13-14,16H,4-7,10,12H2,1-3H3,(H,23,29)/t14-,16?/m1/s1. The summed E-state index contributed by atoms with van der Waals surface area (Å²) in [5, 5.41) is 12.1. The van der Waals surface area contributed by atoms with Crippen LogP contribution in [0.25, 0.3) is 11.0 Å². The third-order valence-electron chi connectivity index (χ3n) is 5.91. The van der Waals surface area contributed by atoms with E-state index < -0.39 is 0 Å². The zero-order chi connectivity index (χ0) is 22.5. The van der Waals surface area contributed by atoms with Gasteiger partial charge >= 0.3 is 0 Å². The molecule has 0 spiro atoms. The summed E-state index contributed by atoms with van der Waals surface area (Å²) in [5.74, 6) is 0.423. The van der Waals surface area contributed by atoms with Crippen LogP contribution < -0.4 is 10.2 Å². The zero-order valence-electron chi connectivity index (χ0n) is 18.0. The summed E-state index contributed by atoms with van der Waals surface area (Å²) in [4.78, 5) is 48.8. The van der Waals surface area contributed by atoms with Crippen molar-refractivity contribution in [2.75, 3.05) is 32.1 Å². The number of carbonyl (C=O) groups is 3. The minimum absolute atomic E-state index is 0.0156. The maximum absolute atomic E-state index is 12.6. The minimum atomic E-state index is -0.217. The smallest absolute Gasteiger partial charge is 0.236 e. The SMILES string of the molecule is CNC(=O)CCC(=O)n1ccc2c(N(C)C3CN(C(=O)CC#N)CC[C@H]3C)ncnc21. The molecule has 1 aliphatic heterocycles. The Morgan fingerprint density at radius 3 is 2.77 bits per heavy atom. The molecule has 3 rings (SSSR count). The Bertz CT molecular complexity index is 1030. The van der Waals surface area contributed by atoms with Crippen LogP contribution in [0.4, 0.5) is 5.82 Å². The molecule has 2 amide bonds. The average Bonchev–Trinajstić information content (AvgIpc) is 3.21. The predicted octanol–water partition coefficient (Wildman–Crippen LogP) is 1.18. The molecule has 10 nitrogen and oxygen atoms in total. The normalized spacial score (nSPS) is 18.5. The second-order valence-electron chi connectivity index (χ2n) is 7.81. The van der Waals surface area contributed by atoms with E-state index in [0.717, 1.165) is 11.8 Å². The van der Waals surface area contributed by atoms with Crippen molar-refractivity contribution in [2.24, 2.45) is 5.92 Å². The number of anilines is 1. The van der Waals surface area contributed by atoms with Gasteiger partial charge in [-0.3, -0.25) is 19.0 Å². The number of rotatable bonds is 6. The van der Waals surface area contributed by atoms with Crippen LogP contribution in [0, 0.1) is 17.2 Å². The first kappa shape index (κ1) is 22.2. The van der Waals surface area contributed by atoms with Crippen LogP contribution >= 0.6 is 0 Å². The fourth-order valence-corrected chi connectivity index (χ4v) is 4.00. The third kappa shape index (κ3) is 4.66. The highest BCUT2D eigenvalue weighted by Crippen LogP contribution is 2.29. The van der Waals surface area contributed by atoms with Crippen LogP contribution in [0.5, 0.6) is 0 Å². The molecule has 1 unspecified atom stereocenters. The van der Waals surface area contributed by atoms with Crippen molar-refractivity contribution in [3.8, 4) is 6.07 Å². The van der Waals surface area contributed by atoms with Gasteiger partial charge in [-0.1, -0.05) is 6.92 Å². The van der Waals surface area contributed by atoms with Gasteiger partial charge in [-0.2, -0.15) is 5.26 Å². The van der Waals surface area contributed by atoms with Crippen LogP contribution in [0.15, 0.2) is 18.6 Å². The van der Waals surface area contributed by atoms with E-state index in [-0.39, 0.29) is 43.0 Å². The van der Waals surface area contributed by atoms with Gasteiger partial charge in [0.25, 0.3) is 0 Å². The molecule has 2 aromatic rings. The summed E-state index contributed by atoms with van der Waals surface area (Å²) >= 11 is 0. The lowest BCUT2D eigenvalue weighted by Crippen LogP contribution is -2.52. The van der Waals surface area contributed by atoms with Crippen molar-refractivity contribution in [3.05, 3.63) is 18.6 Å². The van der Waals surface area contributed by atoms with E-state index >= 15 is 0 Å². The molecule has 1 aliphatic rings. The van der Waals surface area contributed by atoms with Crippen LogP contribution in [0.1, 0.15) is 37.4 Å². The molecule has 2 aromatic heterocycles. The number of aromatic nitrogens is 3. The molecule has 1 saturated heterocycles. The molecule has 0 saturated carbocycles. The number of nitrogens with one attached hydrogen (secondary N) is 1. The van der Waals surface area contributed by atoms with Crippen LogP contribution in [0.2, 0.25) is 0 Å². The Balaban J connectivity index is 1.84. The molecule has 2 atom stereocenters. The van der Waals surface area contributed by atoms with Gasteiger partial charge in [0.1, 0.15) is 18.6 Å². The fourth-order valence-electron chi connectivity index (χ4n) is 4.00. The molecule has 0 aliphatic carbocycles. The van der Waals surface area contributed by atoms with E-state index in [4.69, 9.17) is 5.26 Å². The number of piperidine rings is 1. The van der Waals surface area contributed by atoms with E-state index in [0.29, 0.717) is 30.5 Å². The van der Waals surface area contributed by atoms with E-state index in [2.05, 4.69) is 22.2 Å². The molecule has 3 heterocycles. The van der Waals surface area contributed by atoms with Gasteiger partial charge in [-0.15, -0.1) is 0 Å². The van der Waals surface area contributed by atoms with E-state index in [9.17, 15) is 14.4 Å². The average molecular weight is 425 g/mol. The first-order valence-corrected chi connectivity index (χ1v) is 10.3. The maximum Gasteiger partial charge on any atom is 0.236 e. The first-order chi connectivity index (χ1) is 14.9. The Kier molecular flexibility index (Phi) is 6.84. The monoisotopic (exact) mass is 425 g/mol. The number of nitriles is 1. The number of nitrogens with zero attached hydrogens (tertiary/aromatic N) is 6. The van der Waals surface area contributed by atoms with Gasteiger partial charge in [-0.05, 0) is 18.4 Å². The Hall–Kier alpha value is -3.48. The number of hydrogen-bond donors (Lipinski definition) is 1. The molecule has 164 valence electrons. The third-order valence-corrected chi connectivity index (χ3v) is 5.91. The number of fused-ring (bicyclic) bond motifs is 1. The minimum Gasteiger partial charge on any atom is -0.359 e. The fraction of sp³-hybridized carbons (Fsp3) is 0.524. The Morgan fingerprint density at radius 2 is 2.06 bits per heavy atom. The quantitative estimate of drug-likeness (QED) is 0.737. The van der Waals surface area contributed by atoms with Crippen LogP contribution in [-0.4, -0.2) is 70.4 Å². The summed E-state index contributed by atoms with van der Waals surface area (Å²) < 4.78 is 1.45. The molecule has 0 bridgehead atoms. The lowest BCUT2D eigenvalue weighted by molar-refractivity contribution is -0.131. The number of likely N-dealkylation sites (tertiary alicyclic amines) is 1. The highest BCUT2D eigenvalue weighted by atomic mass is 16.2. The summed E-state index contributed by atoms with van der Waals surface area (Å²) in [6.07, 6.45) is 3.97.